The van der Waals surface area contributed by atoms with E-state index < -0.39 is 21.4 Å². The number of aromatic amines is 1. The number of aromatic nitrogens is 1. The lowest BCUT2D eigenvalue weighted by molar-refractivity contribution is 0.458. The number of hydrogen-bond donors (Lipinski definition) is 2. The number of sulfonamides is 1. The molecule has 0 radical (unpaired) electrons. The van der Waals surface area contributed by atoms with Crippen LogP contribution in [0.4, 0.5) is 4.39 Å². The molecule has 0 saturated carbocycles. The van der Waals surface area contributed by atoms with Crippen molar-refractivity contribution < 1.29 is 12.8 Å². The highest BCUT2D eigenvalue weighted by Gasteiger charge is 2.41. The number of aliphatic imine (C=N–C) groups is 1. The zero-order chi connectivity index (χ0) is 17.9. The minimum Gasteiger partial charge on any atom is -0.369 e. The van der Waals surface area contributed by atoms with Crippen LogP contribution in [0.5, 0.6) is 0 Å². The molecule has 0 spiro atoms. The molecular weight excluding hydrogens is 331 g/mol. The van der Waals surface area contributed by atoms with Crippen LogP contribution in [-0.2, 0) is 15.6 Å². The van der Waals surface area contributed by atoms with Crippen molar-refractivity contribution >= 4 is 26.9 Å². The summed E-state index contributed by atoms with van der Waals surface area (Å²) in [5.41, 5.74) is 6.43. The Hall–Kier alpha value is -2.09. The highest BCUT2D eigenvalue weighted by Crippen LogP contribution is 2.35. The predicted molar refractivity (Wildman–Crippen MR) is 92.9 cm³/mol. The number of nitrogens with zero attached hydrogens (tertiary/aromatic N) is 2. The molecular formula is C16H21FN4O2S. The van der Waals surface area contributed by atoms with Crippen LogP contribution in [0.25, 0.3) is 10.9 Å². The summed E-state index contributed by atoms with van der Waals surface area (Å²) in [6.07, 6.45) is 0. The van der Waals surface area contributed by atoms with Crippen LogP contribution in [-0.4, -0.2) is 36.5 Å². The molecule has 24 heavy (non-hydrogen) atoms. The number of H-pyrrole nitrogens is 1. The second-order valence-corrected chi connectivity index (χ2v) is 8.77. The first-order valence-corrected chi connectivity index (χ1v) is 9.29. The predicted octanol–water partition coefficient (Wildman–Crippen LogP) is 2.24. The number of nitrogens with one attached hydrogen (secondary N) is 1. The fourth-order valence-electron chi connectivity index (χ4n) is 2.99. The van der Waals surface area contributed by atoms with E-state index in [0.717, 1.165) is 20.9 Å². The Morgan fingerprint density at radius 1 is 1.38 bits per heavy atom. The maximum atomic E-state index is 14.7. The normalized spacial score (nSPS) is 23.8. The lowest BCUT2D eigenvalue weighted by Gasteiger charge is -2.34. The number of halogens is 1. The summed E-state index contributed by atoms with van der Waals surface area (Å²) in [6, 6.07) is 4.95. The van der Waals surface area contributed by atoms with Crippen LogP contribution >= 0.6 is 0 Å². The Bertz CT molecular complexity index is 948. The molecule has 0 fully saturated rings. The van der Waals surface area contributed by atoms with Gasteiger partial charge >= 0.3 is 0 Å². The number of fused-ring (bicyclic) bond motifs is 1. The third-order valence-electron chi connectivity index (χ3n) is 4.50. The van der Waals surface area contributed by atoms with E-state index in [9.17, 15) is 12.8 Å². The topological polar surface area (TPSA) is 91.6 Å². The van der Waals surface area contributed by atoms with Crippen molar-refractivity contribution in [1.82, 2.24) is 9.29 Å². The number of nitrogens with two attached hydrogens (primary N) is 1. The van der Waals surface area contributed by atoms with Crippen LogP contribution in [0.3, 0.4) is 0 Å². The quantitative estimate of drug-likeness (QED) is 0.868. The molecule has 0 saturated heterocycles. The third kappa shape index (κ3) is 2.54. The number of benzene rings is 1. The molecule has 3 N–H and O–H groups in total. The highest BCUT2D eigenvalue weighted by atomic mass is 32.2. The maximum Gasteiger partial charge on any atom is 0.239 e. The minimum absolute atomic E-state index is 0.141. The van der Waals surface area contributed by atoms with Crippen LogP contribution in [0.15, 0.2) is 23.2 Å². The van der Waals surface area contributed by atoms with Crippen molar-refractivity contribution in [2.45, 2.75) is 32.2 Å². The summed E-state index contributed by atoms with van der Waals surface area (Å²) in [4.78, 5) is 7.51. The van der Waals surface area contributed by atoms with Crippen molar-refractivity contribution in [1.29, 1.82) is 0 Å². The summed E-state index contributed by atoms with van der Waals surface area (Å²) in [5, 5.41) is 0.747. The molecule has 130 valence electrons. The first-order chi connectivity index (χ1) is 11.0. The Labute approximate surface area is 140 Å². The van der Waals surface area contributed by atoms with Gasteiger partial charge in [0.25, 0.3) is 0 Å². The Balaban J connectivity index is 2.20. The van der Waals surface area contributed by atoms with E-state index in [-0.39, 0.29) is 23.2 Å². The van der Waals surface area contributed by atoms with Crippen molar-refractivity contribution in [2.75, 3.05) is 12.8 Å². The molecule has 0 aliphatic carbocycles. The van der Waals surface area contributed by atoms with Gasteiger partial charge in [-0.15, -0.1) is 0 Å². The third-order valence-corrected chi connectivity index (χ3v) is 6.44. The van der Waals surface area contributed by atoms with E-state index >= 15 is 0 Å². The van der Waals surface area contributed by atoms with E-state index in [4.69, 9.17) is 5.73 Å². The van der Waals surface area contributed by atoms with E-state index in [1.54, 1.807) is 13.0 Å². The molecule has 1 atom stereocenters. The second-order valence-electron chi connectivity index (χ2n) is 6.77. The van der Waals surface area contributed by atoms with Gasteiger partial charge in [0.15, 0.2) is 0 Å². The molecule has 3 rings (SSSR count). The molecule has 6 nitrogen and oxygen atoms in total. The molecule has 1 aliphatic heterocycles. The van der Waals surface area contributed by atoms with Gasteiger partial charge in [0, 0.05) is 29.2 Å². The van der Waals surface area contributed by atoms with Gasteiger partial charge in [-0.25, -0.2) is 22.1 Å². The van der Waals surface area contributed by atoms with E-state index in [1.807, 2.05) is 19.9 Å². The molecule has 8 heteroatoms. The summed E-state index contributed by atoms with van der Waals surface area (Å²) < 4.78 is 40.2. The first-order valence-electron chi connectivity index (χ1n) is 7.68. The van der Waals surface area contributed by atoms with Gasteiger partial charge in [0.1, 0.15) is 11.4 Å². The van der Waals surface area contributed by atoms with Gasteiger partial charge in [0.2, 0.25) is 16.0 Å². The van der Waals surface area contributed by atoms with Crippen molar-refractivity contribution in [2.24, 2.45) is 10.7 Å². The Morgan fingerprint density at radius 2 is 2.04 bits per heavy atom. The van der Waals surface area contributed by atoms with Crippen LogP contribution in [0.1, 0.15) is 37.9 Å². The maximum absolute atomic E-state index is 14.7. The van der Waals surface area contributed by atoms with Gasteiger partial charge in [-0.3, -0.25) is 0 Å². The molecule has 2 heterocycles. The van der Waals surface area contributed by atoms with Crippen LogP contribution < -0.4 is 5.73 Å². The average molecular weight is 352 g/mol. The van der Waals surface area contributed by atoms with Crippen LogP contribution in [0, 0.1) is 5.82 Å². The Morgan fingerprint density at radius 3 is 2.62 bits per heavy atom. The summed E-state index contributed by atoms with van der Waals surface area (Å²) >= 11 is 0. The van der Waals surface area contributed by atoms with Crippen molar-refractivity contribution in [3.05, 3.63) is 35.3 Å². The smallest absolute Gasteiger partial charge is 0.239 e. The monoisotopic (exact) mass is 352 g/mol. The Kier molecular flexibility index (Phi) is 3.63. The molecule has 0 bridgehead atoms. The van der Waals surface area contributed by atoms with Gasteiger partial charge in [-0.2, -0.15) is 0 Å². The highest BCUT2D eigenvalue weighted by molar-refractivity contribution is 7.89. The summed E-state index contributed by atoms with van der Waals surface area (Å²) in [5.74, 6) is -0.692. The molecule has 0 unspecified atom stereocenters. The number of rotatable bonds is 2. The van der Waals surface area contributed by atoms with E-state index in [0.29, 0.717) is 0 Å². The fraction of sp³-hybridized carbons (Fsp3) is 0.438. The fourth-order valence-corrected chi connectivity index (χ4v) is 4.44. The number of hydrogen-bond acceptors (Lipinski definition) is 4. The molecule has 1 aliphatic rings. The van der Waals surface area contributed by atoms with Crippen LogP contribution in [0.2, 0.25) is 0 Å². The molecule has 1 aromatic heterocycles. The minimum atomic E-state index is -3.64. The average Bonchev–Trinajstić information content (AvgIpc) is 2.86. The van der Waals surface area contributed by atoms with Crippen molar-refractivity contribution in [3.63, 3.8) is 0 Å². The van der Waals surface area contributed by atoms with E-state index in [1.165, 1.54) is 13.1 Å². The van der Waals surface area contributed by atoms with E-state index in [2.05, 4.69) is 9.98 Å². The molecule has 1 aromatic carbocycles. The summed E-state index contributed by atoms with van der Waals surface area (Å²) in [7, 11) is -2.30. The lowest BCUT2D eigenvalue weighted by atomic mass is 9.93. The first kappa shape index (κ1) is 16.8. The van der Waals surface area contributed by atoms with Gasteiger partial charge in [-0.05, 0) is 31.0 Å². The van der Waals surface area contributed by atoms with Gasteiger partial charge in [-0.1, -0.05) is 13.8 Å². The molecule has 2 aromatic rings. The second kappa shape index (κ2) is 5.20. The zero-order valence-corrected chi connectivity index (χ0v) is 14.9. The largest absolute Gasteiger partial charge is 0.369 e. The SMILES string of the molecule is CC(C)c1cc2cc(F)c([C@]3(C)CS(=O)(=O)N(C)C(N)=N3)cc2[nH]1. The van der Waals surface area contributed by atoms with Crippen molar-refractivity contribution in [3.8, 4) is 0 Å². The lowest BCUT2D eigenvalue weighted by Crippen LogP contribution is -2.50. The molecule has 0 amide bonds. The van der Waals surface area contributed by atoms with Gasteiger partial charge < -0.3 is 10.7 Å². The van der Waals surface area contributed by atoms with Gasteiger partial charge in [0.05, 0.1) is 5.75 Å². The standard InChI is InChI=1S/C16H21FN4O2S/c1-9(2)13-6-10-5-12(17)11(7-14(10)19-13)16(3)8-24(22,23)21(4)15(18)20-16/h5-7,9,19H,8H2,1-4H3,(H2,18,20)/t16-/m0/s1. The summed E-state index contributed by atoms with van der Waals surface area (Å²) in [6.45, 7) is 5.66. The number of guanidine groups is 1. The zero-order valence-electron chi connectivity index (χ0n) is 14.1.